The number of nitrogen functional groups attached to an aromatic ring is 1. The molecular formula is C13H22N4O. The molecule has 0 atom stereocenters. The van der Waals surface area contributed by atoms with Crippen molar-refractivity contribution in [2.45, 2.75) is 51.7 Å². The first kappa shape index (κ1) is 13.1. The van der Waals surface area contributed by atoms with Gasteiger partial charge in [-0.3, -0.25) is 0 Å². The maximum Gasteiger partial charge on any atom is 0.135 e. The molecule has 5 nitrogen and oxygen atoms in total. The van der Waals surface area contributed by atoms with Gasteiger partial charge in [-0.25, -0.2) is 9.97 Å². The van der Waals surface area contributed by atoms with Gasteiger partial charge < -0.3 is 15.8 Å². The molecule has 0 radical (unpaired) electrons. The summed E-state index contributed by atoms with van der Waals surface area (Å²) in [6.07, 6.45) is 3.99. The smallest absolute Gasteiger partial charge is 0.135 e. The molecule has 3 N–H and O–H groups in total. The van der Waals surface area contributed by atoms with Gasteiger partial charge in [0.2, 0.25) is 0 Å². The van der Waals surface area contributed by atoms with E-state index < -0.39 is 0 Å². The van der Waals surface area contributed by atoms with Crippen LogP contribution in [0.1, 0.15) is 45.1 Å². The minimum Gasteiger partial charge on any atom is -0.383 e. The largest absolute Gasteiger partial charge is 0.383 e. The van der Waals surface area contributed by atoms with Gasteiger partial charge in [-0.05, 0) is 25.7 Å². The average Bonchev–Trinajstić information content (AvgIpc) is 2.25. The Hall–Kier alpha value is -1.36. The highest BCUT2D eigenvalue weighted by molar-refractivity contribution is 5.57. The molecule has 1 aliphatic carbocycles. The van der Waals surface area contributed by atoms with E-state index in [4.69, 9.17) is 10.5 Å². The van der Waals surface area contributed by atoms with Gasteiger partial charge in [0.1, 0.15) is 18.0 Å². The molecule has 0 bridgehead atoms. The van der Waals surface area contributed by atoms with Crippen molar-refractivity contribution in [2.75, 3.05) is 17.7 Å². The van der Waals surface area contributed by atoms with Crippen molar-refractivity contribution in [3.8, 4) is 0 Å². The van der Waals surface area contributed by atoms with Crippen LogP contribution in [0.2, 0.25) is 0 Å². The highest BCUT2D eigenvalue weighted by Gasteiger charge is 2.30. The Bertz CT molecular complexity index is 402. The number of hydrogen-bond donors (Lipinski definition) is 2. The molecule has 0 aliphatic heterocycles. The molecule has 1 fully saturated rings. The van der Waals surface area contributed by atoms with Crippen LogP contribution in [0.4, 0.5) is 11.6 Å². The van der Waals surface area contributed by atoms with Crippen LogP contribution in [0.5, 0.6) is 0 Å². The number of aromatic nitrogens is 2. The van der Waals surface area contributed by atoms with Crippen LogP contribution >= 0.6 is 0 Å². The van der Waals surface area contributed by atoms with Gasteiger partial charge in [-0.2, -0.15) is 0 Å². The Labute approximate surface area is 108 Å². The summed E-state index contributed by atoms with van der Waals surface area (Å²) in [4.78, 5) is 8.37. The van der Waals surface area contributed by atoms with E-state index in [1.807, 2.05) is 6.92 Å². The van der Waals surface area contributed by atoms with Crippen LogP contribution in [0, 0.1) is 0 Å². The van der Waals surface area contributed by atoms with Gasteiger partial charge in [0, 0.05) is 18.2 Å². The molecule has 0 unspecified atom stereocenters. The van der Waals surface area contributed by atoms with Crippen LogP contribution in [-0.4, -0.2) is 28.7 Å². The highest BCUT2D eigenvalue weighted by atomic mass is 16.5. The van der Waals surface area contributed by atoms with Gasteiger partial charge in [0.05, 0.1) is 6.10 Å². The van der Waals surface area contributed by atoms with Crippen LogP contribution in [-0.2, 0) is 4.74 Å². The highest BCUT2D eigenvalue weighted by Crippen LogP contribution is 2.31. The minimum absolute atomic E-state index is 0.316. The van der Waals surface area contributed by atoms with Crippen molar-refractivity contribution in [3.63, 3.8) is 0 Å². The quantitative estimate of drug-likeness (QED) is 0.837. The minimum atomic E-state index is 0.316. The van der Waals surface area contributed by atoms with E-state index >= 15 is 0 Å². The van der Waals surface area contributed by atoms with Gasteiger partial charge in [0.15, 0.2) is 0 Å². The fourth-order valence-electron chi connectivity index (χ4n) is 2.34. The Morgan fingerprint density at radius 1 is 1.44 bits per heavy atom. The summed E-state index contributed by atoms with van der Waals surface area (Å²) in [7, 11) is 0. The summed E-state index contributed by atoms with van der Waals surface area (Å²) in [6, 6.07) is 0.438. The summed E-state index contributed by atoms with van der Waals surface area (Å²) < 4.78 is 5.55. The summed E-state index contributed by atoms with van der Waals surface area (Å²) in [5.74, 6) is 1.76. The lowest BCUT2D eigenvalue weighted by Gasteiger charge is -2.36. The average molecular weight is 250 g/mol. The van der Waals surface area contributed by atoms with E-state index in [-0.39, 0.29) is 0 Å². The standard InChI is InChI=1S/C13H22N4O/c1-4-18-10-5-9(6-10)17-13-11(8(2)3)12(14)15-7-16-13/h7-10H,4-6H2,1-3H3,(H3,14,15,16,17). The van der Waals surface area contributed by atoms with Crippen molar-refractivity contribution >= 4 is 11.6 Å². The van der Waals surface area contributed by atoms with Crippen LogP contribution in [0.3, 0.4) is 0 Å². The predicted octanol–water partition coefficient (Wildman–Crippen LogP) is 2.16. The fourth-order valence-corrected chi connectivity index (χ4v) is 2.34. The van der Waals surface area contributed by atoms with Crippen molar-refractivity contribution in [1.82, 2.24) is 9.97 Å². The third-order valence-electron chi connectivity index (χ3n) is 3.33. The lowest BCUT2D eigenvalue weighted by molar-refractivity contribution is 0.00291. The monoisotopic (exact) mass is 250 g/mol. The number of nitrogens with two attached hydrogens (primary N) is 1. The second-order valence-electron chi connectivity index (χ2n) is 5.07. The molecule has 0 spiro atoms. The zero-order valence-corrected chi connectivity index (χ0v) is 11.3. The Morgan fingerprint density at radius 2 is 2.17 bits per heavy atom. The molecule has 100 valence electrons. The molecule has 1 aromatic rings. The number of hydrogen-bond acceptors (Lipinski definition) is 5. The SMILES string of the molecule is CCOC1CC(Nc2ncnc(N)c2C(C)C)C1. The summed E-state index contributed by atoms with van der Waals surface area (Å²) in [5.41, 5.74) is 6.93. The van der Waals surface area contributed by atoms with Gasteiger partial charge >= 0.3 is 0 Å². The molecule has 18 heavy (non-hydrogen) atoms. The third kappa shape index (κ3) is 2.72. The number of rotatable bonds is 5. The number of ether oxygens (including phenoxy) is 1. The number of anilines is 2. The van der Waals surface area contributed by atoms with Crippen molar-refractivity contribution < 1.29 is 4.74 Å². The zero-order chi connectivity index (χ0) is 13.1. The molecule has 1 aliphatic rings. The van der Waals surface area contributed by atoms with E-state index in [0.717, 1.165) is 30.8 Å². The molecule has 5 heteroatoms. The van der Waals surface area contributed by atoms with Gasteiger partial charge in [0.25, 0.3) is 0 Å². The van der Waals surface area contributed by atoms with E-state index in [0.29, 0.717) is 23.9 Å². The molecular weight excluding hydrogens is 228 g/mol. The number of nitrogens with zero attached hydrogens (tertiary/aromatic N) is 2. The molecule has 0 aromatic carbocycles. The first-order valence-electron chi connectivity index (χ1n) is 6.60. The van der Waals surface area contributed by atoms with Crippen molar-refractivity contribution in [1.29, 1.82) is 0 Å². The lowest BCUT2D eigenvalue weighted by atomic mass is 9.89. The Balaban J connectivity index is 2.00. The van der Waals surface area contributed by atoms with Gasteiger partial charge in [-0.15, -0.1) is 0 Å². The number of nitrogens with one attached hydrogen (secondary N) is 1. The van der Waals surface area contributed by atoms with Gasteiger partial charge in [-0.1, -0.05) is 13.8 Å². The molecule has 0 saturated heterocycles. The first-order chi connectivity index (χ1) is 8.61. The third-order valence-corrected chi connectivity index (χ3v) is 3.33. The van der Waals surface area contributed by atoms with E-state index in [1.165, 1.54) is 6.33 Å². The molecule has 1 heterocycles. The van der Waals surface area contributed by atoms with E-state index in [2.05, 4.69) is 29.1 Å². The molecule has 2 rings (SSSR count). The second kappa shape index (κ2) is 5.52. The summed E-state index contributed by atoms with van der Waals surface area (Å²) in [5, 5.41) is 3.45. The fraction of sp³-hybridized carbons (Fsp3) is 0.692. The maximum atomic E-state index is 5.92. The Morgan fingerprint density at radius 3 is 2.78 bits per heavy atom. The van der Waals surface area contributed by atoms with E-state index in [9.17, 15) is 0 Å². The molecule has 1 saturated carbocycles. The first-order valence-corrected chi connectivity index (χ1v) is 6.60. The lowest BCUT2D eigenvalue weighted by Crippen LogP contribution is -2.41. The van der Waals surface area contributed by atoms with Crippen LogP contribution < -0.4 is 11.1 Å². The van der Waals surface area contributed by atoms with Crippen LogP contribution in [0.15, 0.2) is 6.33 Å². The zero-order valence-electron chi connectivity index (χ0n) is 11.3. The normalized spacial score (nSPS) is 22.9. The van der Waals surface area contributed by atoms with E-state index in [1.54, 1.807) is 0 Å². The molecule has 1 aromatic heterocycles. The summed E-state index contributed by atoms with van der Waals surface area (Å²) >= 11 is 0. The summed E-state index contributed by atoms with van der Waals surface area (Å²) in [6.45, 7) is 7.02. The predicted molar refractivity (Wildman–Crippen MR) is 72.6 cm³/mol. The van der Waals surface area contributed by atoms with Crippen LogP contribution in [0.25, 0.3) is 0 Å². The van der Waals surface area contributed by atoms with Crippen molar-refractivity contribution in [3.05, 3.63) is 11.9 Å². The van der Waals surface area contributed by atoms with Crippen molar-refractivity contribution in [2.24, 2.45) is 0 Å². The molecule has 0 amide bonds. The topological polar surface area (TPSA) is 73.1 Å². The Kier molecular flexibility index (Phi) is 4.01. The second-order valence-corrected chi connectivity index (χ2v) is 5.07. The maximum absolute atomic E-state index is 5.92.